The molecule has 1 aliphatic heterocycles. The Balaban J connectivity index is 2.04. The van der Waals surface area contributed by atoms with Crippen molar-refractivity contribution < 1.29 is 18.0 Å². The smallest absolute Gasteiger partial charge is 0.352 e. The molecule has 22 heavy (non-hydrogen) atoms. The van der Waals surface area contributed by atoms with Crippen LogP contribution in [0.25, 0.3) is 0 Å². The third kappa shape index (κ3) is 2.67. The van der Waals surface area contributed by atoms with Crippen LogP contribution in [0, 0.1) is 0 Å². The molecule has 0 bridgehead atoms. The van der Waals surface area contributed by atoms with Crippen molar-refractivity contribution in [1.29, 1.82) is 0 Å². The minimum absolute atomic E-state index is 0.181. The number of aromatic amines is 1. The van der Waals surface area contributed by atoms with Gasteiger partial charge in [0, 0.05) is 12.3 Å². The molecule has 0 amide bonds. The number of benzene rings is 1. The quantitative estimate of drug-likeness (QED) is 0.928. The van der Waals surface area contributed by atoms with Gasteiger partial charge in [-0.2, -0.15) is 18.2 Å². The zero-order chi connectivity index (χ0) is 15.7. The van der Waals surface area contributed by atoms with E-state index >= 15 is 0 Å². The summed E-state index contributed by atoms with van der Waals surface area (Å²) in [6, 6.07) is 11.0. The molecule has 0 radical (unpaired) electrons. The molecule has 1 N–H and O–H groups in total. The predicted molar refractivity (Wildman–Crippen MR) is 73.3 cm³/mol. The summed E-state index contributed by atoms with van der Waals surface area (Å²) < 4.78 is 38.6. The van der Waals surface area contributed by atoms with Gasteiger partial charge in [-0.05, 0) is 11.6 Å². The van der Waals surface area contributed by atoms with E-state index in [9.17, 15) is 18.0 Å². The van der Waals surface area contributed by atoms with Gasteiger partial charge < -0.3 is 9.82 Å². The lowest BCUT2D eigenvalue weighted by Crippen LogP contribution is -2.29. The lowest BCUT2D eigenvalue weighted by atomic mass is 10.1. The van der Waals surface area contributed by atoms with Gasteiger partial charge in [0.1, 0.15) is 0 Å². The summed E-state index contributed by atoms with van der Waals surface area (Å²) in [5.41, 5.74) is 0.246. The molecule has 8 heteroatoms. The summed E-state index contributed by atoms with van der Waals surface area (Å²) in [4.78, 5) is 22.2. The normalized spacial score (nSPS) is 18.0. The number of hydrogen-bond donors (Lipinski definition) is 1. The number of halogens is 3. The monoisotopic (exact) mass is 309 g/mol. The van der Waals surface area contributed by atoms with E-state index in [1.807, 2.05) is 0 Å². The minimum atomic E-state index is -4.71. The Morgan fingerprint density at radius 2 is 1.91 bits per heavy atom. The zero-order valence-electron chi connectivity index (χ0n) is 11.0. The SMILES string of the molecule is O=c1cc(N2OC(C(F)(F)F)=NC2c2ccccc2)cc[nH]1. The average Bonchev–Trinajstić information content (AvgIpc) is 2.93. The Bertz CT molecular complexity index is 756. The van der Waals surface area contributed by atoms with Crippen LogP contribution >= 0.6 is 0 Å². The molecule has 5 nitrogen and oxygen atoms in total. The Morgan fingerprint density at radius 1 is 1.18 bits per heavy atom. The van der Waals surface area contributed by atoms with Crippen LogP contribution in [0.2, 0.25) is 0 Å². The van der Waals surface area contributed by atoms with Crippen molar-refractivity contribution in [2.75, 3.05) is 5.06 Å². The van der Waals surface area contributed by atoms with Gasteiger partial charge in [0.05, 0.1) is 5.69 Å². The first-order chi connectivity index (χ1) is 10.4. The minimum Gasteiger partial charge on any atom is -0.352 e. The first-order valence-electron chi connectivity index (χ1n) is 6.31. The van der Waals surface area contributed by atoms with Crippen LogP contribution in [0.1, 0.15) is 11.7 Å². The number of H-pyrrole nitrogens is 1. The molecule has 2 aromatic rings. The van der Waals surface area contributed by atoms with Crippen molar-refractivity contribution >= 4 is 11.6 Å². The van der Waals surface area contributed by atoms with Crippen LogP contribution in [0.5, 0.6) is 0 Å². The molecule has 0 saturated heterocycles. The highest BCUT2D eigenvalue weighted by molar-refractivity contribution is 5.85. The largest absolute Gasteiger partial charge is 0.471 e. The number of anilines is 1. The summed E-state index contributed by atoms with van der Waals surface area (Å²) in [5.74, 6) is -1.35. The van der Waals surface area contributed by atoms with Gasteiger partial charge in [0.25, 0.3) is 0 Å². The molecule has 1 aromatic carbocycles. The van der Waals surface area contributed by atoms with E-state index < -0.39 is 23.8 Å². The van der Waals surface area contributed by atoms with Crippen LogP contribution in [-0.4, -0.2) is 17.1 Å². The molecule has 1 unspecified atom stereocenters. The fourth-order valence-corrected chi connectivity index (χ4v) is 2.05. The predicted octanol–water partition coefficient (Wildman–Crippen LogP) is 2.79. The first-order valence-corrected chi connectivity index (χ1v) is 6.31. The molecule has 1 atom stereocenters. The molecule has 114 valence electrons. The number of hydrogen-bond acceptors (Lipinski definition) is 4. The van der Waals surface area contributed by atoms with Crippen LogP contribution in [0.3, 0.4) is 0 Å². The Kier molecular flexibility index (Phi) is 3.36. The highest BCUT2D eigenvalue weighted by atomic mass is 19.4. The van der Waals surface area contributed by atoms with Gasteiger partial charge in [0.2, 0.25) is 5.56 Å². The maximum absolute atomic E-state index is 12.9. The second kappa shape index (κ2) is 5.21. The van der Waals surface area contributed by atoms with E-state index in [1.54, 1.807) is 30.3 Å². The Labute approximate surface area is 122 Å². The average molecular weight is 309 g/mol. The third-order valence-corrected chi connectivity index (χ3v) is 3.00. The number of pyridine rings is 1. The number of aromatic nitrogens is 1. The van der Waals surface area contributed by atoms with Crippen LogP contribution in [0.15, 0.2) is 58.4 Å². The summed E-state index contributed by atoms with van der Waals surface area (Å²) in [6.07, 6.45) is -4.39. The molecule has 1 aromatic heterocycles. The standard InChI is InChI=1S/C14H10F3N3O2/c15-14(16,17)13-19-12(9-4-2-1-3-5-9)20(22-13)10-6-7-18-11(21)8-10/h1-8,12H,(H,18,21). The molecule has 0 saturated carbocycles. The molecular weight excluding hydrogens is 299 g/mol. The topological polar surface area (TPSA) is 57.7 Å². The van der Waals surface area contributed by atoms with Gasteiger partial charge in [-0.3, -0.25) is 4.79 Å². The van der Waals surface area contributed by atoms with E-state index in [0.717, 1.165) is 11.1 Å². The number of hydroxylamine groups is 1. The summed E-state index contributed by atoms with van der Waals surface area (Å²) in [5, 5.41) is 0.966. The van der Waals surface area contributed by atoms with Gasteiger partial charge in [0.15, 0.2) is 6.17 Å². The van der Waals surface area contributed by atoms with Crippen molar-refractivity contribution in [3.8, 4) is 0 Å². The fraction of sp³-hybridized carbons (Fsp3) is 0.143. The number of rotatable bonds is 2. The fourth-order valence-electron chi connectivity index (χ4n) is 2.05. The summed E-state index contributed by atoms with van der Waals surface area (Å²) >= 11 is 0. The van der Waals surface area contributed by atoms with Crippen molar-refractivity contribution in [1.82, 2.24) is 4.98 Å². The van der Waals surface area contributed by atoms with E-state index in [2.05, 4.69) is 9.98 Å². The Morgan fingerprint density at radius 3 is 2.55 bits per heavy atom. The lowest BCUT2D eigenvalue weighted by molar-refractivity contribution is -0.0766. The highest BCUT2D eigenvalue weighted by Gasteiger charge is 2.46. The molecule has 0 aliphatic carbocycles. The lowest BCUT2D eigenvalue weighted by Gasteiger charge is -2.23. The zero-order valence-corrected chi connectivity index (χ0v) is 11.0. The van der Waals surface area contributed by atoms with E-state index in [-0.39, 0.29) is 5.69 Å². The molecule has 3 rings (SSSR count). The van der Waals surface area contributed by atoms with Gasteiger partial charge in [-0.15, -0.1) is 0 Å². The molecule has 0 spiro atoms. The van der Waals surface area contributed by atoms with Crippen LogP contribution in [0.4, 0.5) is 18.9 Å². The van der Waals surface area contributed by atoms with Gasteiger partial charge >= 0.3 is 12.1 Å². The summed E-state index contributed by atoms with van der Waals surface area (Å²) in [7, 11) is 0. The number of aliphatic imine (C=N–C) groups is 1. The van der Waals surface area contributed by atoms with E-state index in [0.29, 0.717) is 5.56 Å². The highest BCUT2D eigenvalue weighted by Crippen LogP contribution is 2.36. The van der Waals surface area contributed by atoms with Gasteiger partial charge in [-0.1, -0.05) is 30.3 Å². The number of alkyl halides is 3. The third-order valence-electron chi connectivity index (χ3n) is 3.00. The van der Waals surface area contributed by atoms with Crippen molar-refractivity contribution in [2.45, 2.75) is 12.3 Å². The van der Waals surface area contributed by atoms with E-state index in [4.69, 9.17) is 4.84 Å². The number of nitrogens with one attached hydrogen (secondary N) is 1. The van der Waals surface area contributed by atoms with Crippen molar-refractivity contribution in [2.24, 2.45) is 4.99 Å². The molecule has 1 aliphatic rings. The van der Waals surface area contributed by atoms with Gasteiger partial charge in [-0.25, -0.2) is 4.99 Å². The molecule has 0 fully saturated rings. The van der Waals surface area contributed by atoms with Crippen LogP contribution in [-0.2, 0) is 4.84 Å². The summed E-state index contributed by atoms with van der Waals surface area (Å²) in [6.45, 7) is 0. The van der Waals surface area contributed by atoms with Crippen LogP contribution < -0.4 is 10.6 Å². The van der Waals surface area contributed by atoms with Crippen molar-refractivity contribution in [3.05, 3.63) is 64.6 Å². The molecule has 2 heterocycles. The first kappa shape index (κ1) is 14.2. The Hall–Kier alpha value is -2.77. The maximum atomic E-state index is 12.9. The van der Waals surface area contributed by atoms with Crippen molar-refractivity contribution in [3.63, 3.8) is 0 Å². The second-order valence-corrected chi connectivity index (χ2v) is 4.54. The van der Waals surface area contributed by atoms with E-state index in [1.165, 1.54) is 12.3 Å². The second-order valence-electron chi connectivity index (χ2n) is 4.54. The molecular formula is C14H10F3N3O2. The maximum Gasteiger partial charge on any atom is 0.471 e. The number of nitrogens with zero attached hydrogens (tertiary/aromatic N) is 2.